The highest BCUT2D eigenvalue weighted by Gasteiger charge is 2.20. The summed E-state index contributed by atoms with van der Waals surface area (Å²) in [5.74, 6) is 0. The maximum absolute atomic E-state index is 12.2. The summed E-state index contributed by atoms with van der Waals surface area (Å²) in [6.07, 6.45) is 2.02. The molecule has 98 valence electrons. The molecule has 0 aliphatic carbocycles. The van der Waals surface area contributed by atoms with Crippen molar-refractivity contribution in [3.63, 3.8) is 0 Å². The second-order valence-corrected chi connectivity index (χ2v) is 5.73. The van der Waals surface area contributed by atoms with E-state index in [1.54, 1.807) is 6.07 Å². The van der Waals surface area contributed by atoms with Gasteiger partial charge in [-0.25, -0.2) is 0 Å². The van der Waals surface area contributed by atoms with Gasteiger partial charge in [-0.1, -0.05) is 17.7 Å². The van der Waals surface area contributed by atoms with Crippen LogP contribution in [0.4, 0.5) is 0 Å². The van der Waals surface area contributed by atoms with Crippen LogP contribution in [-0.2, 0) is 6.42 Å². The lowest BCUT2D eigenvalue weighted by molar-refractivity contribution is 0.564. The fraction of sp³-hybridized carbons (Fsp3) is 0.312. The number of benzene rings is 1. The lowest BCUT2D eigenvalue weighted by Gasteiger charge is -2.12. The summed E-state index contributed by atoms with van der Waals surface area (Å²) in [6, 6.07) is 9.97. The lowest BCUT2D eigenvalue weighted by atomic mass is 10.0. The van der Waals surface area contributed by atoms with E-state index in [0.717, 1.165) is 35.2 Å². The van der Waals surface area contributed by atoms with Gasteiger partial charge in [0.1, 0.15) is 0 Å². The number of fused-ring (bicyclic) bond motifs is 1. The molecule has 3 rings (SSSR count). The summed E-state index contributed by atoms with van der Waals surface area (Å²) >= 11 is 6.06. The molecule has 2 heterocycles. The number of nitrogens with zero attached hydrogens (tertiary/aromatic N) is 1. The zero-order chi connectivity index (χ0) is 13.6. The molecule has 2 nitrogen and oxygen atoms in total. The van der Waals surface area contributed by atoms with Crippen molar-refractivity contribution < 1.29 is 0 Å². The third kappa shape index (κ3) is 2.10. The molecule has 0 radical (unpaired) electrons. The minimum absolute atomic E-state index is 0.0943. The highest BCUT2D eigenvalue weighted by atomic mass is 35.5. The van der Waals surface area contributed by atoms with E-state index in [0.29, 0.717) is 11.1 Å². The summed E-state index contributed by atoms with van der Waals surface area (Å²) in [4.78, 5) is 12.2. The van der Waals surface area contributed by atoms with E-state index in [1.807, 2.05) is 29.7 Å². The lowest BCUT2D eigenvalue weighted by Crippen LogP contribution is -2.20. The van der Waals surface area contributed by atoms with E-state index in [1.165, 1.54) is 0 Å². The smallest absolute Gasteiger partial charge is 0.251 e. The highest BCUT2D eigenvalue weighted by Crippen LogP contribution is 2.30. The number of rotatable bonds is 1. The SMILES string of the molecule is Cc1ccc(Cl)cc1-c1cc2n(c(=O)c1)[C@H](C)CC2. The van der Waals surface area contributed by atoms with Crippen molar-refractivity contribution in [2.24, 2.45) is 0 Å². The second kappa shape index (κ2) is 4.53. The van der Waals surface area contributed by atoms with E-state index in [-0.39, 0.29) is 5.56 Å². The topological polar surface area (TPSA) is 22.0 Å². The van der Waals surface area contributed by atoms with Crippen molar-refractivity contribution in [1.29, 1.82) is 0 Å². The molecule has 0 amide bonds. The Morgan fingerprint density at radius 2 is 2.05 bits per heavy atom. The van der Waals surface area contributed by atoms with Crippen LogP contribution in [0, 0.1) is 6.92 Å². The number of hydrogen-bond acceptors (Lipinski definition) is 1. The highest BCUT2D eigenvalue weighted by molar-refractivity contribution is 6.30. The molecule has 1 aromatic heterocycles. The van der Waals surface area contributed by atoms with Crippen LogP contribution in [-0.4, -0.2) is 4.57 Å². The van der Waals surface area contributed by atoms with Crippen LogP contribution in [0.1, 0.15) is 30.6 Å². The van der Waals surface area contributed by atoms with Crippen LogP contribution in [0.2, 0.25) is 5.02 Å². The van der Waals surface area contributed by atoms with Crippen LogP contribution in [0.5, 0.6) is 0 Å². The van der Waals surface area contributed by atoms with Crippen LogP contribution in [0.3, 0.4) is 0 Å². The van der Waals surface area contributed by atoms with Gasteiger partial charge in [-0.3, -0.25) is 4.79 Å². The Labute approximate surface area is 117 Å². The van der Waals surface area contributed by atoms with Crippen molar-refractivity contribution in [2.75, 3.05) is 0 Å². The minimum atomic E-state index is 0.0943. The van der Waals surface area contributed by atoms with Crippen LogP contribution in [0.15, 0.2) is 35.1 Å². The van der Waals surface area contributed by atoms with Gasteiger partial charge in [0, 0.05) is 22.8 Å². The average molecular weight is 274 g/mol. The van der Waals surface area contributed by atoms with Crippen LogP contribution >= 0.6 is 11.6 Å². The Morgan fingerprint density at radius 1 is 1.26 bits per heavy atom. The Bertz CT molecular complexity index is 702. The van der Waals surface area contributed by atoms with Crippen molar-refractivity contribution in [1.82, 2.24) is 4.57 Å². The summed E-state index contributed by atoms with van der Waals surface area (Å²) in [5, 5.41) is 0.703. The van der Waals surface area contributed by atoms with Gasteiger partial charge in [0.15, 0.2) is 0 Å². The van der Waals surface area contributed by atoms with Gasteiger partial charge in [-0.2, -0.15) is 0 Å². The summed E-state index contributed by atoms with van der Waals surface area (Å²) in [7, 11) is 0. The zero-order valence-corrected chi connectivity index (χ0v) is 11.9. The third-order valence-corrected chi connectivity index (χ3v) is 4.15. The molecule has 0 bridgehead atoms. The second-order valence-electron chi connectivity index (χ2n) is 5.29. The number of pyridine rings is 1. The first kappa shape index (κ1) is 12.5. The fourth-order valence-electron chi connectivity index (χ4n) is 2.87. The summed E-state index contributed by atoms with van der Waals surface area (Å²) < 4.78 is 1.91. The quantitative estimate of drug-likeness (QED) is 0.770. The van der Waals surface area contributed by atoms with E-state index in [4.69, 9.17) is 11.6 Å². The van der Waals surface area contributed by atoms with Gasteiger partial charge in [0.2, 0.25) is 0 Å². The molecule has 3 heteroatoms. The van der Waals surface area contributed by atoms with Crippen LogP contribution in [0.25, 0.3) is 11.1 Å². The molecule has 0 unspecified atom stereocenters. The Morgan fingerprint density at radius 3 is 2.84 bits per heavy atom. The molecule has 0 N–H and O–H groups in total. The Kier molecular flexibility index (Phi) is 2.98. The third-order valence-electron chi connectivity index (χ3n) is 3.92. The van der Waals surface area contributed by atoms with Gasteiger partial charge in [0.05, 0.1) is 0 Å². The van der Waals surface area contributed by atoms with Crippen molar-refractivity contribution in [2.45, 2.75) is 32.7 Å². The molecule has 1 atom stereocenters. The molecule has 1 aromatic carbocycles. The van der Waals surface area contributed by atoms with Crippen molar-refractivity contribution in [3.8, 4) is 11.1 Å². The molecule has 2 aromatic rings. The monoisotopic (exact) mass is 273 g/mol. The minimum Gasteiger partial charge on any atom is -0.310 e. The number of hydrogen-bond donors (Lipinski definition) is 0. The van der Waals surface area contributed by atoms with Gasteiger partial charge >= 0.3 is 0 Å². The molecule has 0 fully saturated rings. The molecular formula is C16H16ClNO. The van der Waals surface area contributed by atoms with Crippen molar-refractivity contribution >= 4 is 11.6 Å². The Hall–Kier alpha value is -1.54. The van der Waals surface area contributed by atoms with E-state index in [2.05, 4.69) is 13.0 Å². The molecule has 0 spiro atoms. The maximum atomic E-state index is 12.2. The van der Waals surface area contributed by atoms with Crippen molar-refractivity contribution in [3.05, 3.63) is 57.0 Å². The average Bonchev–Trinajstić information content (AvgIpc) is 2.74. The molecular weight excluding hydrogens is 258 g/mol. The molecule has 19 heavy (non-hydrogen) atoms. The molecule has 1 aliphatic heterocycles. The first-order valence-corrected chi connectivity index (χ1v) is 6.96. The van der Waals surface area contributed by atoms with Crippen LogP contribution < -0.4 is 5.56 Å². The zero-order valence-electron chi connectivity index (χ0n) is 11.1. The number of aryl methyl sites for hydroxylation is 2. The van der Waals surface area contributed by atoms with E-state index in [9.17, 15) is 4.79 Å². The fourth-order valence-corrected chi connectivity index (χ4v) is 3.05. The Balaban J connectivity index is 2.20. The van der Waals surface area contributed by atoms with Gasteiger partial charge in [-0.05, 0) is 61.6 Å². The maximum Gasteiger partial charge on any atom is 0.251 e. The molecule has 0 saturated heterocycles. The van der Waals surface area contributed by atoms with E-state index < -0.39 is 0 Å². The summed E-state index contributed by atoms with van der Waals surface area (Å²) in [5.41, 5.74) is 4.39. The first-order valence-electron chi connectivity index (χ1n) is 6.58. The van der Waals surface area contributed by atoms with E-state index >= 15 is 0 Å². The standard InChI is InChI=1S/C16H16ClNO/c1-10-3-5-13(17)9-15(10)12-7-14-6-4-11(2)18(14)16(19)8-12/h3,5,7-9,11H,4,6H2,1-2H3/t11-/m1/s1. The van der Waals surface area contributed by atoms with Gasteiger partial charge in [-0.15, -0.1) is 0 Å². The predicted octanol–water partition coefficient (Wildman–Crippen LogP) is 3.98. The molecule has 1 aliphatic rings. The van der Waals surface area contributed by atoms with Gasteiger partial charge < -0.3 is 4.57 Å². The summed E-state index contributed by atoms with van der Waals surface area (Å²) in [6.45, 7) is 4.14. The predicted molar refractivity (Wildman–Crippen MR) is 78.9 cm³/mol. The molecule has 0 saturated carbocycles. The normalized spacial score (nSPS) is 17.5. The number of aromatic nitrogens is 1. The number of halogens is 1. The largest absolute Gasteiger partial charge is 0.310 e. The van der Waals surface area contributed by atoms with Gasteiger partial charge in [0.25, 0.3) is 5.56 Å². The first-order chi connectivity index (χ1) is 9.06.